The van der Waals surface area contributed by atoms with Crippen LogP contribution < -0.4 is 0 Å². The Bertz CT molecular complexity index is 713. The standard InChI is InChI=1S/C30H50O6/c1-4-27(2,3)26(31)36-30-17-23-15-28(19-30,34-21-32-24-11-7-5-8-12-24)18-29(16-23,20-30)35-22-33-25-13-9-6-10-14-25/h23-25H,4-22H2,1-3H3. The maximum Gasteiger partial charge on any atom is 0.312 e. The van der Waals surface area contributed by atoms with E-state index in [4.69, 9.17) is 23.7 Å². The Hall–Kier alpha value is -0.690. The molecule has 36 heavy (non-hydrogen) atoms. The predicted molar refractivity (Wildman–Crippen MR) is 137 cm³/mol. The van der Waals surface area contributed by atoms with E-state index in [-0.39, 0.29) is 17.2 Å². The molecule has 0 aromatic heterocycles. The van der Waals surface area contributed by atoms with Crippen LogP contribution in [0.25, 0.3) is 0 Å². The Balaban J connectivity index is 1.29. The summed E-state index contributed by atoms with van der Waals surface area (Å²) in [6, 6.07) is 0. The highest BCUT2D eigenvalue weighted by atomic mass is 16.7. The molecule has 0 radical (unpaired) electrons. The summed E-state index contributed by atoms with van der Waals surface area (Å²) in [5, 5.41) is 0. The molecule has 0 aliphatic heterocycles. The average molecular weight is 507 g/mol. The van der Waals surface area contributed by atoms with Crippen molar-refractivity contribution in [2.24, 2.45) is 11.3 Å². The molecule has 6 saturated carbocycles. The van der Waals surface area contributed by atoms with Gasteiger partial charge in [-0.2, -0.15) is 0 Å². The summed E-state index contributed by atoms with van der Waals surface area (Å²) in [5.41, 5.74) is -1.71. The predicted octanol–water partition coefficient (Wildman–Crippen LogP) is 6.83. The number of ether oxygens (including phenoxy) is 5. The second kappa shape index (κ2) is 10.8. The van der Waals surface area contributed by atoms with Crippen LogP contribution in [0.5, 0.6) is 0 Å². The molecule has 0 aromatic rings. The van der Waals surface area contributed by atoms with E-state index in [1.807, 2.05) is 13.8 Å². The van der Waals surface area contributed by atoms with Crippen molar-refractivity contribution in [1.82, 2.24) is 0 Å². The Morgan fingerprint density at radius 1 is 0.722 bits per heavy atom. The quantitative estimate of drug-likeness (QED) is 0.226. The second-order valence-electron chi connectivity index (χ2n) is 13.6. The van der Waals surface area contributed by atoms with Gasteiger partial charge in [-0.15, -0.1) is 0 Å². The van der Waals surface area contributed by atoms with Crippen molar-refractivity contribution in [2.45, 2.75) is 159 Å². The first-order chi connectivity index (χ1) is 17.3. The molecule has 2 unspecified atom stereocenters. The molecule has 4 bridgehead atoms. The van der Waals surface area contributed by atoms with E-state index in [2.05, 4.69) is 6.92 Å². The molecule has 0 spiro atoms. The molecule has 6 fully saturated rings. The Morgan fingerprint density at radius 3 is 1.64 bits per heavy atom. The first kappa shape index (κ1) is 26.9. The Kier molecular flexibility index (Phi) is 8.09. The molecule has 6 heteroatoms. The minimum Gasteiger partial charge on any atom is -0.458 e. The zero-order chi connectivity index (χ0) is 25.3. The monoisotopic (exact) mass is 506 g/mol. The van der Waals surface area contributed by atoms with Crippen LogP contribution in [0.1, 0.15) is 130 Å². The molecule has 0 N–H and O–H groups in total. The smallest absolute Gasteiger partial charge is 0.312 e. The van der Waals surface area contributed by atoms with Gasteiger partial charge in [-0.25, -0.2) is 0 Å². The Labute approximate surface area is 218 Å². The summed E-state index contributed by atoms with van der Waals surface area (Å²) < 4.78 is 32.2. The molecule has 0 amide bonds. The topological polar surface area (TPSA) is 63.2 Å². The maximum absolute atomic E-state index is 13.3. The van der Waals surface area contributed by atoms with Gasteiger partial charge >= 0.3 is 5.97 Å². The lowest BCUT2D eigenvalue weighted by atomic mass is 9.50. The third kappa shape index (κ3) is 5.97. The minimum absolute atomic E-state index is 0.0887. The zero-order valence-electron chi connectivity index (χ0n) is 23.1. The van der Waals surface area contributed by atoms with Crippen molar-refractivity contribution in [2.75, 3.05) is 13.6 Å². The fourth-order valence-corrected chi connectivity index (χ4v) is 8.07. The maximum atomic E-state index is 13.3. The normalized spacial score (nSPS) is 37.4. The third-order valence-corrected chi connectivity index (χ3v) is 10.1. The molecule has 0 heterocycles. The summed E-state index contributed by atoms with van der Waals surface area (Å²) >= 11 is 0. The van der Waals surface area contributed by atoms with Gasteiger partial charge in [0.05, 0.1) is 28.8 Å². The van der Waals surface area contributed by atoms with Crippen molar-refractivity contribution in [1.29, 1.82) is 0 Å². The fraction of sp³-hybridized carbons (Fsp3) is 0.967. The summed E-state index contributed by atoms with van der Waals surface area (Å²) in [7, 11) is 0. The highest BCUT2D eigenvalue weighted by Crippen LogP contribution is 2.63. The summed E-state index contributed by atoms with van der Waals surface area (Å²) in [6.45, 7) is 6.70. The molecule has 206 valence electrons. The van der Waals surface area contributed by atoms with Gasteiger partial charge in [0.1, 0.15) is 19.2 Å². The zero-order valence-corrected chi connectivity index (χ0v) is 23.1. The Morgan fingerprint density at radius 2 is 1.17 bits per heavy atom. The fourth-order valence-electron chi connectivity index (χ4n) is 8.07. The molecule has 2 atom stereocenters. The van der Waals surface area contributed by atoms with Crippen LogP contribution in [0.2, 0.25) is 0 Å². The first-order valence-electron chi connectivity index (χ1n) is 15.0. The van der Waals surface area contributed by atoms with Crippen LogP contribution in [0.3, 0.4) is 0 Å². The van der Waals surface area contributed by atoms with E-state index in [0.717, 1.165) is 70.6 Å². The van der Waals surface area contributed by atoms with Crippen molar-refractivity contribution >= 4 is 5.97 Å². The van der Waals surface area contributed by atoms with Gasteiger partial charge in [-0.05, 0) is 71.1 Å². The summed E-state index contributed by atoms with van der Waals surface area (Å²) in [6.07, 6.45) is 18.9. The van der Waals surface area contributed by atoms with Crippen LogP contribution >= 0.6 is 0 Å². The van der Waals surface area contributed by atoms with E-state index in [1.54, 1.807) is 0 Å². The van der Waals surface area contributed by atoms with Crippen molar-refractivity contribution in [3.63, 3.8) is 0 Å². The summed E-state index contributed by atoms with van der Waals surface area (Å²) in [4.78, 5) is 13.3. The minimum atomic E-state index is -0.515. The van der Waals surface area contributed by atoms with Gasteiger partial charge in [0.25, 0.3) is 0 Å². The molecule has 6 rings (SSSR count). The highest BCUT2D eigenvalue weighted by molar-refractivity contribution is 5.76. The lowest BCUT2D eigenvalue weighted by Gasteiger charge is -2.64. The van der Waals surface area contributed by atoms with Crippen LogP contribution in [0, 0.1) is 11.3 Å². The van der Waals surface area contributed by atoms with Crippen LogP contribution in [-0.4, -0.2) is 48.6 Å². The second-order valence-corrected chi connectivity index (χ2v) is 13.6. The van der Waals surface area contributed by atoms with Crippen molar-refractivity contribution < 1.29 is 28.5 Å². The van der Waals surface area contributed by atoms with E-state index in [1.165, 1.54) is 38.5 Å². The largest absolute Gasteiger partial charge is 0.458 e. The molecule has 6 nitrogen and oxygen atoms in total. The molecule has 6 aliphatic carbocycles. The lowest BCUT2D eigenvalue weighted by Crippen LogP contribution is -2.68. The summed E-state index contributed by atoms with van der Waals surface area (Å²) in [5.74, 6) is 0.345. The third-order valence-electron chi connectivity index (χ3n) is 10.1. The SMILES string of the molecule is CCC(C)(C)C(=O)OC12CC3CC(OCOC4CCCCC4)(CC(OCOC4CCCCC4)(C3)C1)C2. The van der Waals surface area contributed by atoms with Gasteiger partial charge in [0, 0.05) is 19.3 Å². The number of carbonyl (C=O) groups excluding carboxylic acids is 1. The first-order valence-corrected chi connectivity index (χ1v) is 15.0. The highest BCUT2D eigenvalue weighted by Gasteiger charge is 2.67. The van der Waals surface area contributed by atoms with Gasteiger partial charge in [-0.3, -0.25) is 4.79 Å². The van der Waals surface area contributed by atoms with Crippen molar-refractivity contribution in [3.8, 4) is 0 Å². The van der Waals surface area contributed by atoms with E-state index in [9.17, 15) is 4.79 Å². The number of hydrogen-bond acceptors (Lipinski definition) is 6. The van der Waals surface area contributed by atoms with E-state index in [0.29, 0.717) is 31.7 Å². The number of carbonyl (C=O) groups is 1. The molecule has 0 saturated heterocycles. The van der Waals surface area contributed by atoms with Crippen LogP contribution in [-0.2, 0) is 28.5 Å². The van der Waals surface area contributed by atoms with Crippen LogP contribution in [0.4, 0.5) is 0 Å². The van der Waals surface area contributed by atoms with Crippen LogP contribution in [0.15, 0.2) is 0 Å². The number of rotatable bonds is 11. The van der Waals surface area contributed by atoms with Gasteiger partial charge in [-0.1, -0.05) is 45.4 Å². The van der Waals surface area contributed by atoms with Crippen molar-refractivity contribution in [3.05, 3.63) is 0 Å². The van der Waals surface area contributed by atoms with Gasteiger partial charge in [0.15, 0.2) is 0 Å². The number of hydrogen-bond donors (Lipinski definition) is 0. The van der Waals surface area contributed by atoms with Gasteiger partial charge in [0.2, 0.25) is 0 Å². The molecular formula is C30H50O6. The number of esters is 1. The molecular weight excluding hydrogens is 456 g/mol. The van der Waals surface area contributed by atoms with E-state index < -0.39 is 11.0 Å². The molecule has 6 aliphatic rings. The van der Waals surface area contributed by atoms with E-state index >= 15 is 0 Å². The lowest BCUT2D eigenvalue weighted by molar-refractivity contribution is -0.314. The average Bonchev–Trinajstić information content (AvgIpc) is 2.84. The van der Waals surface area contributed by atoms with Gasteiger partial charge < -0.3 is 23.7 Å². The molecule has 0 aromatic carbocycles.